The van der Waals surface area contributed by atoms with Crippen LogP contribution in [0.2, 0.25) is 0 Å². The van der Waals surface area contributed by atoms with Gasteiger partial charge < -0.3 is 4.52 Å². The Balaban J connectivity index is 1.49. The van der Waals surface area contributed by atoms with E-state index in [1.165, 1.54) is 4.68 Å². The van der Waals surface area contributed by atoms with Gasteiger partial charge in [0.1, 0.15) is 5.69 Å². The molecule has 4 rings (SSSR count). The minimum Gasteiger partial charge on any atom is -0.359 e. The highest BCUT2D eigenvalue weighted by molar-refractivity contribution is 5.58. The van der Waals surface area contributed by atoms with E-state index in [0.29, 0.717) is 19.6 Å². The quantitative estimate of drug-likeness (QED) is 0.732. The van der Waals surface area contributed by atoms with Crippen molar-refractivity contribution in [2.45, 2.75) is 33.0 Å². The number of rotatable bonds is 4. The van der Waals surface area contributed by atoms with Gasteiger partial charge in [-0.1, -0.05) is 35.5 Å². The van der Waals surface area contributed by atoms with E-state index >= 15 is 0 Å². The molecule has 6 heteroatoms. The molecule has 1 aliphatic heterocycles. The van der Waals surface area contributed by atoms with Crippen molar-refractivity contribution in [3.05, 3.63) is 69.8 Å². The molecule has 0 saturated heterocycles. The zero-order chi connectivity index (χ0) is 17.2. The summed E-state index contributed by atoms with van der Waals surface area (Å²) in [5.41, 5.74) is 3.91. The Bertz CT molecular complexity index is 930. The van der Waals surface area contributed by atoms with Crippen LogP contribution in [0, 0.1) is 0 Å². The third kappa shape index (κ3) is 3.25. The zero-order valence-electron chi connectivity index (χ0n) is 14.2. The average Bonchev–Trinajstić information content (AvgIpc) is 3.10. The van der Waals surface area contributed by atoms with Crippen molar-refractivity contribution in [1.29, 1.82) is 0 Å². The van der Waals surface area contributed by atoms with Crippen molar-refractivity contribution in [3.63, 3.8) is 0 Å². The monoisotopic (exact) mass is 336 g/mol. The van der Waals surface area contributed by atoms with Gasteiger partial charge in [-0.05, 0) is 12.5 Å². The molecule has 3 aromatic rings. The summed E-state index contributed by atoms with van der Waals surface area (Å²) in [6.45, 7) is 4.82. The summed E-state index contributed by atoms with van der Waals surface area (Å²) in [6.07, 6.45) is 0.843. The van der Waals surface area contributed by atoms with Crippen molar-refractivity contribution in [1.82, 2.24) is 19.8 Å². The molecule has 0 radical (unpaired) electrons. The van der Waals surface area contributed by atoms with Crippen LogP contribution in [-0.2, 0) is 26.1 Å². The lowest BCUT2D eigenvalue weighted by Crippen LogP contribution is -2.34. The molecule has 0 atom stereocenters. The second-order valence-electron chi connectivity index (χ2n) is 6.28. The third-order valence-electron chi connectivity index (χ3n) is 4.53. The van der Waals surface area contributed by atoms with Gasteiger partial charge in [0, 0.05) is 43.8 Å². The van der Waals surface area contributed by atoms with Crippen molar-refractivity contribution in [3.8, 4) is 11.3 Å². The molecule has 0 spiro atoms. The molecule has 128 valence electrons. The fourth-order valence-electron chi connectivity index (χ4n) is 3.21. The van der Waals surface area contributed by atoms with Crippen LogP contribution < -0.4 is 5.56 Å². The van der Waals surface area contributed by atoms with Gasteiger partial charge in [-0.25, -0.2) is 4.68 Å². The van der Waals surface area contributed by atoms with Crippen LogP contribution in [-0.4, -0.2) is 26.4 Å². The highest BCUT2D eigenvalue weighted by atomic mass is 16.5. The normalized spacial score (nSPS) is 14.4. The van der Waals surface area contributed by atoms with Gasteiger partial charge in [0.15, 0.2) is 5.76 Å². The highest BCUT2D eigenvalue weighted by Crippen LogP contribution is 2.22. The van der Waals surface area contributed by atoms with Crippen LogP contribution >= 0.6 is 0 Å². The number of aryl methyl sites for hydroxylation is 1. The molecule has 1 aliphatic rings. The molecule has 25 heavy (non-hydrogen) atoms. The maximum absolute atomic E-state index is 12.0. The van der Waals surface area contributed by atoms with Crippen LogP contribution in [0.25, 0.3) is 11.3 Å². The first-order valence-electron chi connectivity index (χ1n) is 8.56. The largest absolute Gasteiger partial charge is 0.359 e. The number of aromatic nitrogens is 3. The lowest BCUT2D eigenvalue weighted by atomic mass is 10.1. The van der Waals surface area contributed by atoms with E-state index in [1.54, 1.807) is 6.07 Å². The molecule has 0 N–H and O–H groups in total. The highest BCUT2D eigenvalue weighted by Gasteiger charge is 2.20. The Morgan fingerprint density at radius 1 is 1.20 bits per heavy atom. The number of nitrogens with zero attached hydrogens (tertiary/aromatic N) is 4. The Kier molecular flexibility index (Phi) is 4.19. The first-order chi connectivity index (χ1) is 12.2. The van der Waals surface area contributed by atoms with Crippen molar-refractivity contribution < 1.29 is 4.52 Å². The topological polar surface area (TPSA) is 64.2 Å². The SMILES string of the molecule is CCn1nc2c(cc1=O)CN(Cc1cc(-c3ccccc3)no1)CC2. The Labute approximate surface area is 145 Å². The smallest absolute Gasteiger partial charge is 0.267 e. The van der Waals surface area contributed by atoms with E-state index < -0.39 is 0 Å². The molecule has 0 amide bonds. The summed E-state index contributed by atoms with van der Waals surface area (Å²) in [5, 5.41) is 8.62. The lowest BCUT2D eigenvalue weighted by Gasteiger charge is -2.27. The van der Waals surface area contributed by atoms with E-state index in [1.807, 2.05) is 43.3 Å². The summed E-state index contributed by atoms with van der Waals surface area (Å²) in [5.74, 6) is 0.831. The first kappa shape index (κ1) is 15.8. The van der Waals surface area contributed by atoms with Gasteiger partial charge in [-0.15, -0.1) is 0 Å². The molecule has 0 aliphatic carbocycles. The van der Waals surface area contributed by atoms with Crippen LogP contribution in [0.1, 0.15) is 23.9 Å². The predicted octanol–water partition coefficient (Wildman–Crippen LogP) is 2.48. The van der Waals surface area contributed by atoms with Crippen LogP contribution in [0.4, 0.5) is 0 Å². The van der Waals surface area contributed by atoms with Gasteiger partial charge in [-0.3, -0.25) is 9.69 Å². The predicted molar refractivity (Wildman–Crippen MR) is 93.9 cm³/mol. The lowest BCUT2D eigenvalue weighted by molar-refractivity contribution is 0.212. The fraction of sp³-hybridized carbons (Fsp3) is 0.316. The molecule has 0 bridgehead atoms. The van der Waals surface area contributed by atoms with Crippen molar-refractivity contribution in [2.75, 3.05) is 6.54 Å². The Hall–Kier alpha value is -2.73. The number of hydrogen-bond donors (Lipinski definition) is 0. The van der Waals surface area contributed by atoms with E-state index in [2.05, 4.69) is 15.2 Å². The molecular weight excluding hydrogens is 316 g/mol. The van der Waals surface area contributed by atoms with Crippen LogP contribution in [0.3, 0.4) is 0 Å². The molecule has 0 fully saturated rings. The number of fused-ring (bicyclic) bond motifs is 1. The Morgan fingerprint density at radius 3 is 2.84 bits per heavy atom. The summed E-state index contributed by atoms with van der Waals surface area (Å²) in [6, 6.07) is 13.7. The van der Waals surface area contributed by atoms with Gasteiger partial charge in [-0.2, -0.15) is 5.10 Å². The third-order valence-corrected chi connectivity index (χ3v) is 4.53. The average molecular weight is 336 g/mol. The maximum atomic E-state index is 12.0. The molecule has 0 saturated carbocycles. The first-order valence-corrected chi connectivity index (χ1v) is 8.56. The minimum absolute atomic E-state index is 0.0332. The summed E-state index contributed by atoms with van der Waals surface area (Å²) in [7, 11) is 0. The number of benzene rings is 1. The van der Waals surface area contributed by atoms with E-state index in [0.717, 1.165) is 41.2 Å². The summed E-state index contributed by atoms with van der Waals surface area (Å²) >= 11 is 0. The van der Waals surface area contributed by atoms with E-state index in [9.17, 15) is 4.79 Å². The zero-order valence-corrected chi connectivity index (χ0v) is 14.2. The van der Waals surface area contributed by atoms with Gasteiger partial charge >= 0.3 is 0 Å². The molecule has 3 heterocycles. The standard InChI is InChI=1S/C19H20N4O2/c1-2-23-19(24)10-15-12-22(9-8-17(15)20-23)13-16-11-18(21-25-16)14-6-4-3-5-7-14/h3-7,10-11H,2,8-9,12-13H2,1H3. The van der Waals surface area contributed by atoms with Crippen molar-refractivity contribution in [2.24, 2.45) is 0 Å². The molecule has 1 aromatic carbocycles. The van der Waals surface area contributed by atoms with E-state index in [4.69, 9.17) is 4.52 Å². The summed E-state index contributed by atoms with van der Waals surface area (Å²) in [4.78, 5) is 14.3. The van der Waals surface area contributed by atoms with Gasteiger partial charge in [0.2, 0.25) is 0 Å². The summed E-state index contributed by atoms with van der Waals surface area (Å²) < 4.78 is 7.02. The van der Waals surface area contributed by atoms with Crippen molar-refractivity contribution >= 4 is 0 Å². The van der Waals surface area contributed by atoms with Gasteiger partial charge in [0.05, 0.1) is 12.2 Å². The fourth-order valence-corrected chi connectivity index (χ4v) is 3.21. The molecule has 0 unspecified atom stereocenters. The molecule has 2 aromatic heterocycles. The Morgan fingerprint density at radius 2 is 2.04 bits per heavy atom. The second kappa shape index (κ2) is 6.64. The molecule has 6 nitrogen and oxygen atoms in total. The molecular formula is C19H20N4O2. The maximum Gasteiger partial charge on any atom is 0.267 e. The second-order valence-corrected chi connectivity index (χ2v) is 6.28. The van der Waals surface area contributed by atoms with E-state index in [-0.39, 0.29) is 5.56 Å². The number of hydrogen-bond acceptors (Lipinski definition) is 5. The van der Waals surface area contributed by atoms with Crippen LogP contribution in [0.5, 0.6) is 0 Å². The van der Waals surface area contributed by atoms with Gasteiger partial charge in [0.25, 0.3) is 5.56 Å². The minimum atomic E-state index is -0.0332. The van der Waals surface area contributed by atoms with Crippen LogP contribution in [0.15, 0.2) is 51.8 Å².